The van der Waals surface area contributed by atoms with E-state index in [1.807, 2.05) is 38.1 Å². The zero-order valence-electron chi connectivity index (χ0n) is 12.3. The van der Waals surface area contributed by atoms with Gasteiger partial charge in [0.05, 0.1) is 17.1 Å². The van der Waals surface area contributed by atoms with Crippen LogP contribution < -0.4 is 5.56 Å². The van der Waals surface area contributed by atoms with Gasteiger partial charge >= 0.3 is 0 Å². The smallest absolute Gasteiger partial charge is 0.264 e. The maximum atomic E-state index is 12.8. The highest BCUT2D eigenvalue weighted by Crippen LogP contribution is 2.37. The molecule has 110 valence electrons. The number of aryl methyl sites for hydroxylation is 2. The zero-order valence-corrected chi connectivity index (χ0v) is 13.1. The first-order valence-electron chi connectivity index (χ1n) is 6.77. The third-order valence-corrected chi connectivity index (χ3v) is 4.51. The molecule has 2 aromatic heterocycles. The van der Waals surface area contributed by atoms with Crippen LogP contribution in [0, 0.1) is 26.2 Å². The van der Waals surface area contributed by atoms with Crippen LogP contribution in [0.1, 0.15) is 10.6 Å². The normalized spacial score (nSPS) is 10.8. The standard InChI is InChI=1S/C17H14N2O2S/c1-4-9-19-16-15(22-11(3)18-16)14(20)13(17(19)21)12-8-6-5-7-10(12)2/h1,5-8,20H,9H2,2-3H3. The van der Waals surface area contributed by atoms with Crippen LogP contribution in [0.15, 0.2) is 29.1 Å². The second-order valence-electron chi connectivity index (χ2n) is 5.02. The SMILES string of the molecule is C#CCn1c(=O)c(-c2ccccc2C)c(O)c2sc(C)nc21. The quantitative estimate of drug-likeness (QED) is 0.740. The third kappa shape index (κ3) is 2.09. The molecule has 3 rings (SSSR count). The van der Waals surface area contributed by atoms with Gasteiger partial charge in [0.25, 0.3) is 5.56 Å². The molecule has 0 aliphatic heterocycles. The van der Waals surface area contributed by atoms with Crippen molar-refractivity contribution in [3.8, 4) is 29.2 Å². The number of fused-ring (bicyclic) bond motifs is 1. The number of rotatable bonds is 2. The van der Waals surface area contributed by atoms with Gasteiger partial charge in [0.2, 0.25) is 0 Å². The van der Waals surface area contributed by atoms with Crippen LogP contribution in [-0.2, 0) is 6.54 Å². The molecule has 4 nitrogen and oxygen atoms in total. The first-order valence-corrected chi connectivity index (χ1v) is 7.58. The van der Waals surface area contributed by atoms with E-state index in [9.17, 15) is 9.90 Å². The number of nitrogens with zero attached hydrogens (tertiary/aromatic N) is 2. The van der Waals surface area contributed by atoms with Crippen LogP contribution in [0.2, 0.25) is 0 Å². The minimum Gasteiger partial charge on any atom is -0.505 e. The van der Waals surface area contributed by atoms with E-state index >= 15 is 0 Å². The number of aromatic hydroxyl groups is 1. The summed E-state index contributed by atoms with van der Waals surface area (Å²) in [6.45, 7) is 3.86. The van der Waals surface area contributed by atoms with E-state index in [0.717, 1.165) is 10.6 Å². The van der Waals surface area contributed by atoms with Crippen LogP contribution in [0.3, 0.4) is 0 Å². The number of aromatic nitrogens is 2. The van der Waals surface area contributed by atoms with Crippen LogP contribution in [0.5, 0.6) is 5.75 Å². The Labute approximate surface area is 131 Å². The van der Waals surface area contributed by atoms with Crippen LogP contribution in [-0.4, -0.2) is 14.7 Å². The molecule has 3 aromatic rings. The molecular weight excluding hydrogens is 296 g/mol. The van der Waals surface area contributed by atoms with Gasteiger partial charge < -0.3 is 5.11 Å². The number of hydrogen-bond acceptors (Lipinski definition) is 4. The molecule has 0 spiro atoms. The van der Waals surface area contributed by atoms with Gasteiger partial charge in [-0.1, -0.05) is 30.2 Å². The largest absolute Gasteiger partial charge is 0.505 e. The average molecular weight is 310 g/mol. The molecule has 1 aromatic carbocycles. The van der Waals surface area contributed by atoms with Crippen molar-refractivity contribution in [3.63, 3.8) is 0 Å². The fraction of sp³-hybridized carbons (Fsp3) is 0.176. The van der Waals surface area contributed by atoms with E-state index in [1.54, 1.807) is 0 Å². The maximum absolute atomic E-state index is 12.8. The summed E-state index contributed by atoms with van der Waals surface area (Å²) < 4.78 is 2.03. The fourth-order valence-electron chi connectivity index (χ4n) is 2.53. The van der Waals surface area contributed by atoms with Crippen molar-refractivity contribution in [2.75, 3.05) is 0 Å². The van der Waals surface area contributed by atoms with Crippen LogP contribution >= 0.6 is 11.3 Å². The Morgan fingerprint density at radius 2 is 2.09 bits per heavy atom. The molecule has 0 unspecified atom stereocenters. The Balaban J connectivity index is 2.49. The number of benzene rings is 1. The molecule has 0 amide bonds. The van der Waals surface area contributed by atoms with Gasteiger partial charge in [-0.25, -0.2) is 4.98 Å². The lowest BCUT2D eigenvalue weighted by molar-refractivity contribution is 0.482. The van der Waals surface area contributed by atoms with Gasteiger partial charge in [0, 0.05) is 0 Å². The maximum Gasteiger partial charge on any atom is 0.264 e. The Hall–Kier alpha value is -2.58. The minimum atomic E-state index is -0.317. The number of terminal acetylenes is 1. The molecule has 0 saturated heterocycles. The lowest BCUT2D eigenvalue weighted by atomic mass is 10.0. The van der Waals surface area contributed by atoms with Crippen molar-refractivity contribution in [3.05, 3.63) is 45.2 Å². The molecular formula is C17H14N2O2S. The molecule has 0 aliphatic rings. The van der Waals surface area contributed by atoms with Crippen molar-refractivity contribution >= 4 is 21.7 Å². The summed E-state index contributed by atoms with van der Waals surface area (Å²) in [5.74, 6) is 2.46. The molecule has 22 heavy (non-hydrogen) atoms. The van der Waals surface area contributed by atoms with Gasteiger partial charge in [-0.2, -0.15) is 0 Å². The summed E-state index contributed by atoms with van der Waals surface area (Å²) >= 11 is 1.35. The zero-order chi connectivity index (χ0) is 15.9. The molecule has 0 saturated carbocycles. The lowest BCUT2D eigenvalue weighted by Crippen LogP contribution is -2.22. The molecule has 1 N–H and O–H groups in total. The van der Waals surface area contributed by atoms with E-state index in [-0.39, 0.29) is 23.4 Å². The Kier molecular flexibility index (Phi) is 3.47. The van der Waals surface area contributed by atoms with Crippen molar-refractivity contribution in [1.29, 1.82) is 0 Å². The average Bonchev–Trinajstić information content (AvgIpc) is 2.87. The third-order valence-electron chi connectivity index (χ3n) is 3.55. The topological polar surface area (TPSA) is 55.1 Å². The van der Waals surface area contributed by atoms with Gasteiger partial charge in [-0.3, -0.25) is 9.36 Å². The van der Waals surface area contributed by atoms with Gasteiger partial charge in [-0.05, 0) is 25.0 Å². The highest BCUT2D eigenvalue weighted by molar-refractivity contribution is 7.18. The van der Waals surface area contributed by atoms with Gasteiger partial charge in [0.1, 0.15) is 10.4 Å². The second kappa shape index (κ2) is 5.32. The van der Waals surface area contributed by atoms with E-state index in [2.05, 4.69) is 10.9 Å². The summed E-state index contributed by atoms with van der Waals surface area (Å²) in [6, 6.07) is 7.47. The first kappa shape index (κ1) is 14.4. The molecule has 5 heteroatoms. The summed E-state index contributed by atoms with van der Waals surface area (Å²) in [7, 11) is 0. The Morgan fingerprint density at radius 1 is 1.36 bits per heavy atom. The molecule has 0 aliphatic carbocycles. The predicted molar refractivity (Wildman–Crippen MR) is 89.3 cm³/mol. The van der Waals surface area contributed by atoms with Crippen molar-refractivity contribution in [1.82, 2.24) is 9.55 Å². The summed E-state index contributed by atoms with van der Waals surface area (Å²) in [5, 5.41) is 11.4. The Bertz CT molecular complexity index is 977. The molecule has 2 heterocycles. The van der Waals surface area contributed by atoms with Crippen LogP contribution in [0.25, 0.3) is 21.5 Å². The summed E-state index contributed by atoms with van der Waals surface area (Å²) in [6.07, 6.45) is 5.39. The van der Waals surface area contributed by atoms with E-state index in [1.165, 1.54) is 15.9 Å². The van der Waals surface area contributed by atoms with E-state index in [4.69, 9.17) is 6.42 Å². The van der Waals surface area contributed by atoms with Crippen molar-refractivity contribution in [2.24, 2.45) is 0 Å². The summed E-state index contributed by atoms with van der Waals surface area (Å²) in [4.78, 5) is 17.2. The van der Waals surface area contributed by atoms with E-state index < -0.39 is 0 Å². The first-order chi connectivity index (χ1) is 10.5. The van der Waals surface area contributed by atoms with E-state index in [0.29, 0.717) is 15.9 Å². The molecule has 0 bridgehead atoms. The fourth-order valence-corrected chi connectivity index (χ4v) is 3.41. The van der Waals surface area contributed by atoms with Gasteiger partial charge in [0.15, 0.2) is 5.65 Å². The highest BCUT2D eigenvalue weighted by atomic mass is 32.1. The second-order valence-corrected chi connectivity index (χ2v) is 6.22. The molecule has 0 atom stereocenters. The molecule has 0 radical (unpaired) electrons. The molecule has 0 fully saturated rings. The lowest BCUT2D eigenvalue weighted by Gasteiger charge is -2.11. The Morgan fingerprint density at radius 3 is 2.77 bits per heavy atom. The number of hydrogen-bond donors (Lipinski definition) is 1. The minimum absolute atomic E-state index is 0.0202. The summed E-state index contributed by atoms with van der Waals surface area (Å²) in [5.41, 5.74) is 2.04. The van der Waals surface area contributed by atoms with Gasteiger partial charge in [-0.15, -0.1) is 17.8 Å². The van der Waals surface area contributed by atoms with Crippen LogP contribution in [0.4, 0.5) is 0 Å². The van der Waals surface area contributed by atoms with Crippen molar-refractivity contribution in [2.45, 2.75) is 20.4 Å². The monoisotopic (exact) mass is 310 g/mol. The van der Waals surface area contributed by atoms with Crippen molar-refractivity contribution < 1.29 is 5.11 Å². The number of pyridine rings is 1. The number of thiazole rings is 1. The highest BCUT2D eigenvalue weighted by Gasteiger charge is 2.21. The predicted octanol–water partition coefficient (Wildman–Crippen LogP) is 3.08.